The van der Waals surface area contributed by atoms with E-state index in [2.05, 4.69) is 22.4 Å². The van der Waals surface area contributed by atoms with Crippen molar-refractivity contribution in [1.29, 1.82) is 0 Å². The molecule has 2 heterocycles. The van der Waals surface area contributed by atoms with Crippen LogP contribution in [0.1, 0.15) is 27.2 Å². The van der Waals surface area contributed by atoms with Gasteiger partial charge in [0.1, 0.15) is 11.0 Å². The van der Waals surface area contributed by atoms with Gasteiger partial charge in [0, 0.05) is 49.9 Å². The molecule has 3 aromatic rings. The molecule has 1 aliphatic rings. The number of aryl methyl sites for hydroxylation is 1. The average molecular weight is 496 g/mol. The summed E-state index contributed by atoms with van der Waals surface area (Å²) in [7, 11) is 2.05. The van der Waals surface area contributed by atoms with Crippen LogP contribution < -0.4 is 5.32 Å². The lowest BCUT2D eigenvalue weighted by Crippen LogP contribution is -2.47. The summed E-state index contributed by atoms with van der Waals surface area (Å²) in [6.07, 6.45) is 3.01. The molecule has 2 amide bonds. The van der Waals surface area contributed by atoms with Crippen LogP contribution in [0.15, 0.2) is 54.6 Å². The van der Waals surface area contributed by atoms with Crippen LogP contribution in [-0.4, -0.2) is 64.6 Å². The minimum atomic E-state index is -0.346. The number of benzene rings is 2. The summed E-state index contributed by atoms with van der Waals surface area (Å²) in [6.45, 7) is 5.32. The number of carbonyl (C=O) groups excluding carboxylic acids is 2. The molecule has 182 valence electrons. The number of hydrogen-bond acceptors (Lipinski definition) is 4. The van der Waals surface area contributed by atoms with Crippen molar-refractivity contribution in [3.05, 3.63) is 88.0 Å². The fourth-order valence-electron chi connectivity index (χ4n) is 3.82. The zero-order valence-electron chi connectivity index (χ0n) is 19.7. The van der Waals surface area contributed by atoms with Crippen LogP contribution in [0.3, 0.4) is 0 Å². The number of amides is 2. The third-order valence-electron chi connectivity index (χ3n) is 5.98. The number of carbonyl (C=O) groups is 2. The monoisotopic (exact) mass is 495 g/mol. The van der Waals surface area contributed by atoms with Crippen LogP contribution in [0.2, 0.25) is 5.15 Å². The molecule has 4 rings (SSSR count). The van der Waals surface area contributed by atoms with Crippen molar-refractivity contribution >= 4 is 29.5 Å². The first-order chi connectivity index (χ1) is 16.8. The minimum Gasteiger partial charge on any atom is -0.348 e. The molecule has 0 bridgehead atoms. The number of nitrogens with one attached hydrogen (secondary N) is 1. The van der Waals surface area contributed by atoms with E-state index in [4.69, 9.17) is 11.6 Å². The van der Waals surface area contributed by atoms with Crippen LogP contribution in [0.5, 0.6) is 0 Å². The number of hydrogen-bond donors (Lipinski definition) is 1. The Bertz CT molecular complexity index is 1230. The quantitative estimate of drug-likeness (QED) is 0.529. The molecular weight excluding hydrogens is 469 g/mol. The maximum absolute atomic E-state index is 13.2. The van der Waals surface area contributed by atoms with Gasteiger partial charge in [-0.2, -0.15) is 5.10 Å². The number of piperazine rings is 1. The zero-order chi connectivity index (χ0) is 24.9. The van der Waals surface area contributed by atoms with Crippen molar-refractivity contribution in [1.82, 2.24) is 24.9 Å². The molecule has 1 fully saturated rings. The summed E-state index contributed by atoms with van der Waals surface area (Å²) in [6, 6.07) is 13.1. The third-order valence-corrected chi connectivity index (χ3v) is 6.34. The molecule has 2 aromatic carbocycles. The zero-order valence-corrected chi connectivity index (χ0v) is 20.4. The molecule has 0 atom stereocenters. The highest BCUT2D eigenvalue weighted by molar-refractivity contribution is 6.31. The number of aromatic nitrogens is 2. The van der Waals surface area contributed by atoms with Crippen molar-refractivity contribution in [2.24, 2.45) is 0 Å². The molecule has 0 spiro atoms. The highest BCUT2D eigenvalue weighted by Gasteiger charge is 2.20. The van der Waals surface area contributed by atoms with E-state index >= 15 is 0 Å². The van der Waals surface area contributed by atoms with Crippen molar-refractivity contribution in [2.75, 3.05) is 33.2 Å². The molecule has 1 aromatic heterocycles. The van der Waals surface area contributed by atoms with E-state index in [-0.39, 0.29) is 17.6 Å². The van der Waals surface area contributed by atoms with Crippen molar-refractivity contribution in [2.45, 2.75) is 13.5 Å². The first-order valence-electron chi connectivity index (χ1n) is 11.4. The molecule has 1 saturated heterocycles. The van der Waals surface area contributed by atoms with Crippen LogP contribution in [0.25, 0.3) is 11.8 Å². The predicted molar refractivity (Wildman–Crippen MR) is 134 cm³/mol. The maximum Gasteiger partial charge on any atom is 0.253 e. The van der Waals surface area contributed by atoms with Crippen LogP contribution in [-0.2, 0) is 11.3 Å². The van der Waals surface area contributed by atoms with Gasteiger partial charge in [-0.05, 0) is 62.0 Å². The van der Waals surface area contributed by atoms with E-state index < -0.39 is 0 Å². The van der Waals surface area contributed by atoms with E-state index in [0.717, 1.165) is 31.7 Å². The summed E-state index contributed by atoms with van der Waals surface area (Å²) in [5.41, 5.74) is 3.41. The van der Waals surface area contributed by atoms with Crippen LogP contribution >= 0.6 is 11.6 Å². The highest BCUT2D eigenvalue weighted by Crippen LogP contribution is 2.24. The second kappa shape index (κ2) is 10.8. The molecular formula is C26H27ClFN5O2. The lowest BCUT2D eigenvalue weighted by molar-refractivity contribution is -0.116. The molecule has 35 heavy (non-hydrogen) atoms. The fourth-order valence-corrected chi connectivity index (χ4v) is 4.15. The Balaban J connectivity index is 1.33. The Labute approximate surface area is 208 Å². The van der Waals surface area contributed by atoms with Gasteiger partial charge >= 0.3 is 0 Å². The summed E-state index contributed by atoms with van der Waals surface area (Å²) < 4.78 is 14.7. The van der Waals surface area contributed by atoms with Crippen molar-refractivity contribution in [3.63, 3.8) is 0 Å². The number of likely N-dealkylation sites (N-methyl/N-ethyl adjacent to an activating group) is 1. The Morgan fingerprint density at radius 2 is 1.71 bits per heavy atom. The second-order valence-corrected chi connectivity index (χ2v) is 8.88. The van der Waals surface area contributed by atoms with Gasteiger partial charge in [0.25, 0.3) is 5.91 Å². The van der Waals surface area contributed by atoms with Gasteiger partial charge in [-0.25, -0.2) is 9.07 Å². The Kier molecular flexibility index (Phi) is 7.63. The molecule has 0 saturated carbocycles. The molecule has 1 aliphatic heterocycles. The normalized spacial score (nSPS) is 14.5. The van der Waals surface area contributed by atoms with Gasteiger partial charge in [-0.3, -0.25) is 9.59 Å². The standard InChI is InChI=1S/C26H27ClFN5O2/c1-18-23(25(27)33(30-18)22-9-7-21(28)8-10-22)11-12-24(34)29-17-19-3-5-20(6-4-19)26(35)32-15-13-31(2)14-16-32/h3-12H,13-17H2,1-2H3,(H,29,34). The first kappa shape index (κ1) is 24.6. The summed E-state index contributed by atoms with van der Waals surface area (Å²) in [5, 5.41) is 7.55. The van der Waals surface area contributed by atoms with Crippen molar-refractivity contribution in [3.8, 4) is 5.69 Å². The van der Waals surface area contributed by atoms with Gasteiger partial charge in [-0.1, -0.05) is 23.7 Å². The van der Waals surface area contributed by atoms with E-state index in [1.807, 2.05) is 17.0 Å². The third kappa shape index (κ3) is 5.96. The second-order valence-electron chi connectivity index (χ2n) is 8.52. The van der Waals surface area contributed by atoms with Crippen LogP contribution in [0, 0.1) is 12.7 Å². The molecule has 7 nitrogen and oxygen atoms in total. The smallest absolute Gasteiger partial charge is 0.253 e. The van der Waals surface area contributed by atoms with Crippen LogP contribution in [0.4, 0.5) is 4.39 Å². The summed E-state index contributed by atoms with van der Waals surface area (Å²) in [4.78, 5) is 29.1. The Morgan fingerprint density at radius 3 is 2.37 bits per heavy atom. The molecule has 0 unspecified atom stereocenters. The largest absolute Gasteiger partial charge is 0.348 e. The summed E-state index contributed by atoms with van der Waals surface area (Å²) in [5.74, 6) is -0.598. The maximum atomic E-state index is 13.2. The summed E-state index contributed by atoms with van der Waals surface area (Å²) >= 11 is 6.45. The van der Waals surface area contributed by atoms with Gasteiger partial charge in [0.15, 0.2) is 0 Å². The Morgan fingerprint density at radius 1 is 1.06 bits per heavy atom. The van der Waals surface area contributed by atoms with Crippen molar-refractivity contribution < 1.29 is 14.0 Å². The fraction of sp³-hybridized carbons (Fsp3) is 0.269. The molecule has 1 N–H and O–H groups in total. The average Bonchev–Trinajstić information content (AvgIpc) is 3.15. The SMILES string of the molecule is Cc1nn(-c2ccc(F)cc2)c(Cl)c1C=CC(=O)NCc1ccc(C(=O)N2CCN(C)CC2)cc1. The number of halogens is 2. The van der Waals surface area contributed by atoms with Gasteiger partial charge in [0.05, 0.1) is 11.4 Å². The molecule has 0 radical (unpaired) electrons. The minimum absolute atomic E-state index is 0.0325. The van der Waals surface area contributed by atoms with Gasteiger partial charge in [-0.15, -0.1) is 0 Å². The van der Waals surface area contributed by atoms with E-state index in [1.54, 1.807) is 37.3 Å². The first-order valence-corrected chi connectivity index (χ1v) is 11.7. The molecule has 9 heteroatoms. The van der Waals surface area contributed by atoms with Gasteiger partial charge < -0.3 is 15.1 Å². The molecule has 0 aliphatic carbocycles. The predicted octanol–water partition coefficient (Wildman–Crippen LogP) is 3.69. The number of nitrogens with zero attached hydrogens (tertiary/aromatic N) is 4. The number of rotatable bonds is 6. The van der Waals surface area contributed by atoms with Gasteiger partial charge in [0.2, 0.25) is 5.91 Å². The lowest BCUT2D eigenvalue weighted by atomic mass is 10.1. The topological polar surface area (TPSA) is 70.5 Å². The van der Waals surface area contributed by atoms with E-state index in [0.29, 0.717) is 34.2 Å². The van der Waals surface area contributed by atoms with E-state index in [9.17, 15) is 14.0 Å². The lowest BCUT2D eigenvalue weighted by Gasteiger charge is -2.32. The van der Waals surface area contributed by atoms with E-state index in [1.165, 1.54) is 22.9 Å². The highest BCUT2D eigenvalue weighted by atomic mass is 35.5. The Hall–Kier alpha value is -3.49.